The number of carbonyl (C=O) groups is 1. The Labute approximate surface area is 228 Å². The standard InChI is InChI=1S/C29H34N8O2/c1-19-8-9-21-22(15-19)23(26(33-34-30)24-17-31-18-35(24)5)16-20-7-6-10-32-25(20)27(21)36-11-13-37(14-12-36)28(38)39-29(2,3)4/h6-10,15-18,26-27H,11-14H2,1-5H3/t26-,27+/m1/s1. The summed E-state index contributed by atoms with van der Waals surface area (Å²) < 4.78 is 7.50. The largest absolute Gasteiger partial charge is 0.444 e. The summed E-state index contributed by atoms with van der Waals surface area (Å²) in [5, 5.41) is 4.25. The summed E-state index contributed by atoms with van der Waals surface area (Å²) in [5.74, 6) is 0. The van der Waals surface area contributed by atoms with E-state index in [0.29, 0.717) is 26.2 Å². The minimum absolute atomic E-state index is 0.135. The van der Waals surface area contributed by atoms with Crippen LogP contribution < -0.4 is 0 Å². The Balaban J connectivity index is 1.58. The maximum Gasteiger partial charge on any atom is 0.410 e. The molecule has 0 radical (unpaired) electrons. The number of aryl methyl sites for hydroxylation is 2. The lowest BCUT2D eigenvalue weighted by atomic mass is 9.89. The SMILES string of the molecule is Cc1ccc2c(c1)C([C@@H](N=[N+]=[N-])c1cncn1C)=Cc1cccnc1[C@H]2N1CCN(C(=O)OC(C)(C)C)CC1. The van der Waals surface area contributed by atoms with Crippen LogP contribution in [0.4, 0.5) is 4.79 Å². The molecule has 3 heterocycles. The van der Waals surface area contributed by atoms with Crippen molar-refractivity contribution < 1.29 is 9.53 Å². The van der Waals surface area contributed by atoms with Crippen LogP contribution in [0.15, 0.2) is 54.2 Å². The Morgan fingerprint density at radius 2 is 1.97 bits per heavy atom. The van der Waals surface area contributed by atoms with E-state index in [2.05, 4.69) is 57.2 Å². The van der Waals surface area contributed by atoms with Crippen molar-refractivity contribution in [1.82, 2.24) is 24.3 Å². The van der Waals surface area contributed by atoms with Gasteiger partial charge in [-0.3, -0.25) is 9.88 Å². The van der Waals surface area contributed by atoms with Gasteiger partial charge >= 0.3 is 6.09 Å². The van der Waals surface area contributed by atoms with Gasteiger partial charge in [-0.05, 0) is 67.6 Å². The van der Waals surface area contributed by atoms with Crippen molar-refractivity contribution >= 4 is 17.7 Å². The van der Waals surface area contributed by atoms with Crippen LogP contribution in [0.25, 0.3) is 22.1 Å². The molecule has 1 saturated heterocycles. The smallest absolute Gasteiger partial charge is 0.410 e. The van der Waals surface area contributed by atoms with Crippen molar-refractivity contribution in [2.75, 3.05) is 26.2 Å². The zero-order chi connectivity index (χ0) is 27.7. The Morgan fingerprint density at radius 3 is 2.64 bits per heavy atom. The van der Waals surface area contributed by atoms with Gasteiger partial charge < -0.3 is 14.2 Å². The molecule has 0 saturated carbocycles. The maximum absolute atomic E-state index is 12.7. The quantitative estimate of drug-likeness (QED) is 0.247. The van der Waals surface area contributed by atoms with Crippen molar-refractivity contribution in [3.63, 3.8) is 0 Å². The van der Waals surface area contributed by atoms with Crippen LogP contribution >= 0.6 is 0 Å². The number of hydrogen-bond donors (Lipinski definition) is 0. The molecule has 1 aromatic carbocycles. The monoisotopic (exact) mass is 526 g/mol. The van der Waals surface area contributed by atoms with Crippen LogP contribution in [0.1, 0.15) is 66.5 Å². The third-order valence-electron chi connectivity index (χ3n) is 7.18. The third-order valence-corrected chi connectivity index (χ3v) is 7.18. The van der Waals surface area contributed by atoms with Crippen LogP contribution in [0.5, 0.6) is 0 Å². The number of imidazole rings is 1. The van der Waals surface area contributed by atoms with Gasteiger partial charge in [0.25, 0.3) is 0 Å². The van der Waals surface area contributed by atoms with Crippen LogP contribution in [-0.2, 0) is 11.8 Å². The van der Waals surface area contributed by atoms with E-state index >= 15 is 0 Å². The molecule has 2 aromatic heterocycles. The number of benzene rings is 1. The number of azide groups is 1. The third kappa shape index (κ3) is 5.39. The first-order valence-corrected chi connectivity index (χ1v) is 13.2. The van der Waals surface area contributed by atoms with Gasteiger partial charge in [-0.2, -0.15) is 0 Å². The first-order chi connectivity index (χ1) is 18.7. The summed E-state index contributed by atoms with van der Waals surface area (Å²) in [6.45, 7) is 10.2. The van der Waals surface area contributed by atoms with E-state index < -0.39 is 11.6 Å². The Bertz CT molecular complexity index is 1460. The molecule has 0 unspecified atom stereocenters. The normalized spacial score (nSPS) is 18.2. The number of pyridine rings is 1. The van der Waals surface area contributed by atoms with Gasteiger partial charge in [0.15, 0.2) is 0 Å². The van der Waals surface area contributed by atoms with Gasteiger partial charge in [-0.1, -0.05) is 34.9 Å². The summed E-state index contributed by atoms with van der Waals surface area (Å²) in [5.41, 5.74) is 15.9. The van der Waals surface area contributed by atoms with E-state index in [4.69, 9.17) is 9.72 Å². The number of hydrogen-bond acceptors (Lipinski definition) is 6. The highest BCUT2D eigenvalue weighted by atomic mass is 16.6. The van der Waals surface area contributed by atoms with Crippen molar-refractivity contribution in [2.24, 2.45) is 12.2 Å². The average molecular weight is 527 g/mol. The molecule has 1 amide bonds. The molecule has 5 rings (SSSR count). The van der Waals surface area contributed by atoms with Gasteiger partial charge in [0.2, 0.25) is 0 Å². The van der Waals surface area contributed by atoms with E-state index in [1.54, 1.807) is 17.4 Å². The molecule has 39 heavy (non-hydrogen) atoms. The van der Waals surface area contributed by atoms with Crippen molar-refractivity contribution in [3.05, 3.63) is 93.1 Å². The summed E-state index contributed by atoms with van der Waals surface area (Å²) in [7, 11) is 1.90. The molecule has 1 aliphatic carbocycles. The van der Waals surface area contributed by atoms with Crippen molar-refractivity contribution in [3.8, 4) is 0 Å². The molecule has 0 N–H and O–H groups in total. The topological polar surface area (TPSA) is 112 Å². The molecule has 2 atom stereocenters. The van der Waals surface area contributed by atoms with Gasteiger partial charge in [0.1, 0.15) is 11.6 Å². The van der Waals surface area contributed by atoms with E-state index in [1.807, 2.05) is 44.6 Å². The average Bonchev–Trinajstić information content (AvgIpc) is 3.26. The van der Waals surface area contributed by atoms with Crippen LogP contribution in [0.3, 0.4) is 0 Å². The Hall–Kier alpha value is -4.14. The van der Waals surface area contributed by atoms with Crippen LogP contribution in [0.2, 0.25) is 0 Å². The predicted octanol–water partition coefficient (Wildman–Crippen LogP) is 5.67. The lowest BCUT2D eigenvalue weighted by molar-refractivity contribution is 0.0118. The molecular weight excluding hydrogens is 492 g/mol. The van der Waals surface area contributed by atoms with Crippen LogP contribution in [0, 0.1) is 6.92 Å². The second-order valence-electron chi connectivity index (χ2n) is 11.1. The molecule has 2 aliphatic rings. The number of fused-ring (bicyclic) bond motifs is 2. The molecule has 1 fully saturated rings. The first kappa shape index (κ1) is 26.5. The van der Waals surface area contributed by atoms with Gasteiger partial charge in [0, 0.05) is 50.5 Å². The Kier molecular flexibility index (Phi) is 7.16. The minimum atomic E-state index is -0.570. The molecule has 3 aromatic rings. The van der Waals surface area contributed by atoms with E-state index in [0.717, 1.165) is 39.2 Å². The van der Waals surface area contributed by atoms with E-state index in [-0.39, 0.29) is 12.1 Å². The van der Waals surface area contributed by atoms with E-state index in [1.165, 1.54) is 0 Å². The molecular formula is C29H34N8O2. The summed E-state index contributed by atoms with van der Waals surface area (Å²) in [6, 6.07) is 9.71. The second kappa shape index (κ2) is 10.6. The van der Waals surface area contributed by atoms with Crippen LogP contribution in [-0.4, -0.2) is 62.2 Å². The summed E-state index contributed by atoms with van der Waals surface area (Å²) in [6.07, 6.45) is 7.10. The summed E-state index contributed by atoms with van der Waals surface area (Å²) >= 11 is 0. The number of nitrogens with zero attached hydrogens (tertiary/aromatic N) is 8. The Morgan fingerprint density at radius 1 is 1.21 bits per heavy atom. The lowest BCUT2D eigenvalue weighted by Crippen LogP contribution is -2.51. The zero-order valence-electron chi connectivity index (χ0n) is 23.1. The molecule has 1 aliphatic heterocycles. The zero-order valence-corrected chi connectivity index (χ0v) is 23.1. The fourth-order valence-corrected chi connectivity index (χ4v) is 5.38. The first-order valence-electron chi connectivity index (χ1n) is 13.2. The number of piperazine rings is 1. The molecule has 10 nitrogen and oxygen atoms in total. The van der Waals surface area contributed by atoms with Crippen molar-refractivity contribution in [2.45, 2.75) is 45.4 Å². The van der Waals surface area contributed by atoms with Crippen molar-refractivity contribution in [1.29, 1.82) is 0 Å². The molecule has 0 bridgehead atoms. The highest BCUT2D eigenvalue weighted by Crippen LogP contribution is 2.45. The van der Waals surface area contributed by atoms with Gasteiger partial charge in [-0.25, -0.2) is 9.78 Å². The highest BCUT2D eigenvalue weighted by molar-refractivity contribution is 5.89. The molecule has 202 valence electrons. The number of amides is 1. The lowest BCUT2D eigenvalue weighted by Gasteiger charge is -2.40. The number of rotatable bonds is 4. The highest BCUT2D eigenvalue weighted by Gasteiger charge is 2.36. The minimum Gasteiger partial charge on any atom is -0.444 e. The van der Waals surface area contributed by atoms with E-state index in [9.17, 15) is 10.3 Å². The molecule has 0 spiro atoms. The number of aromatic nitrogens is 3. The summed E-state index contributed by atoms with van der Waals surface area (Å²) in [4.78, 5) is 29.2. The second-order valence-corrected chi connectivity index (χ2v) is 11.1. The fourth-order valence-electron chi connectivity index (χ4n) is 5.38. The maximum atomic E-state index is 12.7. The fraction of sp³-hybridized carbons (Fsp3) is 0.414. The predicted molar refractivity (Wildman–Crippen MR) is 150 cm³/mol. The molecule has 10 heteroatoms. The number of ether oxygens (including phenoxy) is 1. The number of carbonyl (C=O) groups excluding carboxylic acids is 1. The van der Waals surface area contributed by atoms with Gasteiger partial charge in [-0.15, -0.1) is 0 Å². The van der Waals surface area contributed by atoms with Gasteiger partial charge in [0.05, 0.1) is 23.8 Å².